The first-order valence-corrected chi connectivity index (χ1v) is 5.67. The van der Waals surface area contributed by atoms with E-state index in [1.807, 2.05) is 0 Å². The highest BCUT2D eigenvalue weighted by Crippen LogP contribution is 2.32. The van der Waals surface area contributed by atoms with Gasteiger partial charge in [-0.2, -0.15) is 9.97 Å². The van der Waals surface area contributed by atoms with Crippen LogP contribution in [0.2, 0.25) is 5.02 Å². The number of nitrogen functional groups attached to an aromatic ring is 1. The molecule has 0 saturated heterocycles. The van der Waals surface area contributed by atoms with Crippen LogP contribution in [0.3, 0.4) is 0 Å². The first kappa shape index (κ1) is 13.8. The van der Waals surface area contributed by atoms with Crippen molar-refractivity contribution in [3.8, 4) is 17.5 Å². The summed E-state index contributed by atoms with van der Waals surface area (Å²) in [6.07, 6.45) is 0. The highest BCUT2D eigenvalue weighted by atomic mass is 35.5. The van der Waals surface area contributed by atoms with Crippen LogP contribution in [0.1, 0.15) is 0 Å². The summed E-state index contributed by atoms with van der Waals surface area (Å²) in [5.74, 6) is 0.519. The average Bonchev–Trinajstić information content (AvgIpc) is 2.40. The number of hydrogen-bond donors (Lipinski definition) is 1. The summed E-state index contributed by atoms with van der Waals surface area (Å²) in [5, 5.41) is 10.7. The van der Waals surface area contributed by atoms with Gasteiger partial charge in [-0.15, -0.1) is 0 Å². The minimum atomic E-state index is -0.554. The summed E-state index contributed by atoms with van der Waals surface area (Å²) < 4.78 is 10.3. The number of non-ortho nitro benzene ring substituents is 1. The Labute approximate surface area is 118 Å². The van der Waals surface area contributed by atoms with E-state index in [0.717, 1.165) is 0 Å². The summed E-state index contributed by atoms with van der Waals surface area (Å²) in [6, 6.07) is 5.22. The van der Waals surface area contributed by atoms with Crippen LogP contribution >= 0.6 is 11.6 Å². The Bertz CT molecular complexity index is 665. The number of ether oxygens (including phenoxy) is 2. The van der Waals surface area contributed by atoms with E-state index in [0.29, 0.717) is 0 Å². The molecule has 1 aromatic heterocycles. The molecule has 1 aromatic carbocycles. The van der Waals surface area contributed by atoms with Gasteiger partial charge in [0.2, 0.25) is 17.7 Å². The number of halogens is 1. The molecule has 8 nitrogen and oxygen atoms in total. The number of anilines is 1. The number of hydrogen-bond acceptors (Lipinski definition) is 7. The van der Waals surface area contributed by atoms with E-state index in [1.54, 1.807) is 0 Å². The third-order valence-electron chi connectivity index (χ3n) is 2.25. The van der Waals surface area contributed by atoms with Gasteiger partial charge in [-0.05, 0) is 6.07 Å². The Morgan fingerprint density at radius 2 is 2.00 bits per heavy atom. The molecule has 2 rings (SSSR count). The predicted octanol–water partition coefficient (Wildman–Crippen LogP) is 2.42. The molecule has 0 radical (unpaired) electrons. The van der Waals surface area contributed by atoms with Crippen molar-refractivity contribution >= 4 is 23.2 Å². The third kappa shape index (κ3) is 3.04. The predicted molar refractivity (Wildman–Crippen MR) is 71.2 cm³/mol. The quantitative estimate of drug-likeness (QED) is 0.680. The number of benzene rings is 1. The van der Waals surface area contributed by atoms with Gasteiger partial charge < -0.3 is 15.2 Å². The lowest BCUT2D eigenvalue weighted by Gasteiger charge is -2.08. The van der Waals surface area contributed by atoms with Gasteiger partial charge in [-0.1, -0.05) is 11.6 Å². The number of rotatable bonds is 4. The Morgan fingerprint density at radius 3 is 2.60 bits per heavy atom. The van der Waals surface area contributed by atoms with Crippen LogP contribution in [0.15, 0.2) is 24.3 Å². The molecule has 2 N–H and O–H groups in total. The van der Waals surface area contributed by atoms with Crippen molar-refractivity contribution in [3.05, 3.63) is 39.4 Å². The lowest BCUT2D eigenvalue weighted by Crippen LogP contribution is -1.99. The highest BCUT2D eigenvalue weighted by Gasteiger charge is 2.12. The van der Waals surface area contributed by atoms with Gasteiger partial charge in [-0.3, -0.25) is 10.1 Å². The zero-order chi connectivity index (χ0) is 14.7. The van der Waals surface area contributed by atoms with Crippen LogP contribution in [-0.2, 0) is 0 Å². The molecule has 0 spiro atoms. The lowest BCUT2D eigenvalue weighted by molar-refractivity contribution is -0.384. The minimum absolute atomic E-state index is 0.0302. The number of aromatic nitrogens is 2. The third-order valence-corrected chi connectivity index (χ3v) is 2.54. The van der Waals surface area contributed by atoms with Crippen LogP contribution < -0.4 is 15.2 Å². The molecule has 104 valence electrons. The maximum Gasteiger partial charge on any atom is 0.271 e. The molecule has 0 bridgehead atoms. The fourth-order valence-corrected chi connectivity index (χ4v) is 1.59. The molecule has 2 aromatic rings. The lowest BCUT2D eigenvalue weighted by atomic mass is 10.3. The van der Waals surface area contributed by atoms with Crippen LogP contribution in [0.25, 0.3) is 0 Å². The molecule has 9 heteroatoms. The Morgan fingerprint density at radius 1 is 1.30 bits per heavy atom. The van der Waals surface area contributed by atoms with Crippen molar-refractivity contribution in [2.24, 2.45) is 0 Å². The molecule has 0 fully saturated rings. The van der Waals surface area contributed by atoms with Gasteiger partial charge in [0.1, 0.15) is 5.75 Å². The van der Waals surface area contributed by atoms with Crippen molar-refractivity contribution in [1.29, 1.82) is 0 Å². The Hall–Kier alpha value is -2.61. The van der Waals surface area contributed by atoms with E-state index in [1.165, 1.54) is 31.4 Å². The molecule has 0 aliphatic rings. The van der Waals surface area contributed by atoms with Gasteiger partial charge in [0.05, 0.1) is 23.1 Å². The van der Waals surface area contributed by atoms with Crippen LogP contribution in [0, 0.1) is 10.1 Å². The zero-order valence-corrected chi connectivity index (χ0v) is 11.0. The molecule has 0 atom stereocenters. The molecule has 0 saturated carbocycles. The van der Waals surface area contributed by atoms with E-state index >= 15 is 0 Å². The summed E-state index contributed by atoms with van der Waals surface area (Å²) in [5.41, 5.74) is 5.35. The van der Waals surface area contributed by atoms with E-state index in [4.69, 9.17) is 26.8 Å². The van der Waals surface area contributed by atoms with Gasteiger partial charge >= 0.3 is 0 Å². The van der Waals surface area contributed by atoms with E-state index < -0.39 is 4.92 Å². The van der Waals surface area contributed by atoms with Gasteiger partial charge in [0.15, 0.2) is 0 Å². The van der Waals surface area contributed by atoms with Gasteiger partial charge in [-0.25, -0.2) is 0 Å². The fraction of sp³-hybridized carbons (Fsp3) is 0.0909. The van der Waals surface area contributed by atoms with Crippen molar-refractivity contribution < 1.29 is 14.4 Å². The largest absolute Gasteiger partial charge is 0.481 e. The maximum atomic E-state index is 10.6. The normalized spacial score (nSPS) is 10.1. The summed E-state index contributed by atoms with van der Waals surface area (Å²) in [6.45, 7) is 0. The second-order valence-electron chi connectivity index (χ2n) is 3.58. The van der Waals surface area contributed by atoms with Crippen molar-refractivity contribution in [2.45, 2.75) is 0 Å². The Kier molecular flexibility index (Phi) is 3.85. The fourth-order valence-electron chi connectivity index (χ4n) is 1.38. The first-order chi connectivity index (χ1) is 9.49. The van der Waals surface area contributed by atoms with Crippen LogP contribution in [0.5, 0.6) is 17.5 Å². The standard InChI is InChI=1S/C11H9ClN4O4/c1-19-9-5-10(15-11(13)14-9)20-8-3-2-6(16(17)18)4-7(8)12/h2-5H,1H3,(H2,13,14,15). The number of nitrogens with two attached hydrogens (primary N) is 1. The topological polar surface area (TPSA) is 113 Å². The molecule has 0 unspecified atom stereocenters. The molecular formula is C11H9ClN4O4. The van der Waals surface area contributed by atoms with Crippen LogP contribution in [-0.4, -0.2) is 22.0 Å². The summed E-state index contributed by atoms with van der Waals surface area (Å²) in [4.78, 5) is 17.7. The Balaban J connectivity index is 2.30. The smallest absolute Gasteiger partial charge is 0.271 e. The van der Waals surface area contributed by atoms with Gasteiger partial charge in [0, 0.05) is 12.1 Å². The minimum Gasteiger partial charge on any atom is -0.481 e. The first-order valence-electron chi connectivity index (χ1n) is 5.30. The summed E-state index contributed by atoms with van der Waals surface area (Å²) in [7, 11) is 1.42. The average molecular weight is 297 g/mol. The molecular weight excluding hydrogens is 288 g/mol. The number of methoxy groups -OCH3 is 1. The molecule has 0 aliphatic carbocycles. The summed E-state index contributed by atoms with van der Waals surface area (Å²) >= 11 is 5.90. The highest BCUT2D eigenvalue weighted by molar-refractivity contribution is 6.32. The van der Waals surface area contributed by atoms with E-state index in [2.05, 4.69) is 9.97 Å². The SMILES string of the molecule is COc1cc(Oc2ccc([N+](=O)[O-])cc2Cl)nc(N)n1. The number of nitro groups is 1. The van der Waals surface area contributed by atoms with E-state index in [-0.39, 0.29) is 34.2 Å². The van der Waals surface area contributed by atoms with Crippen molar-refractivity contribution in [3.63, 3.8) is 0 Å². The van der Waals surface area contributed by atoms with Crippen LogP contribution in [0.4, 0.5) is 11.6 Å². The van der Waals surface area contributed by atoms with E-state index in [9.17, 15) is 10.1 Å². The molecule has 0 amide bonds. The maximum absolute atomic E-state index is 10.6. The zero-order valence-electron chi connectivity index (χ0n) is 10.2. The molecule has 1 heterocycles. The second-order valence-corrected chi connectivity index (χ2v) is 3.99. The van der Waals surface area contributed by atoms with Gasteiger partial charge in [0.25, 0.3) is 5.69 Å². The number of nitrogens with zero attached hydrogens (tertiary/aromatic N) is 3. The van der Waals surface area contributed by atoms with Crippen molar-refractivity contribution in [2.75, 3.05) is 12.8 Å². The van der Waals surface area contributed by atoms with Crippen molar-refractivity contribution in [1.82, 2.24) is 9.97 Å². The second kappa shape index (κ2) is 5.57. The molecule has 0 aliphatic heterocycles. The molecule has 20 heavy (non-hydrogen) atoms. The monoisotopic (exact) mass is 296 g/mol. The number of nitro benzene ring substituents is 1.